The van der Waals surface area contributed by atoms with Crippen molar-refractivity contribution in [3.05, 3.63) is 35.3 Å². The number of hydrogen-bond acceptors (Lipinski definition) is 7. The van der Waals surface area contributed by atoms with Crippen molar-refractivity contribution >= 4 is 35.0 Å². The molecule has 2 aromatic rings. The molecule has 1 saturated heterocycles. The molecule has 150 valence electrons. The molecule has 0 N–H and O–H groups in total. The molecule has 1 fully saturated rings. The fourth-order valence-electron chi connectivity index (χ4n) is 2.97. The van der Waals surface area contributed by atoms with E-state index < -0.39 is 6.04 Å². The van der Waals surface area contributed by atoms with E-state index in [1.165, 1.54) is 11.3 Å². The lowest BCUT2D eigenvalue weighted by Crippen LogP contribution is -2.51. The number of carbonyl (C=O) groups excluding carboxylic acids is 2. The summed E-state index contributed by atoms with van der Waals surface area (Å²) in [6.45, 7) is 5.23. The highest BCUT2D eigenvalue weighted by molar-refractivity contribution is 7.99. The van der Waals surface area contributed by atoms with Crippen molar-refractivity contribution in [1.29, 1.82) is 0 Å². The van der Waals surface area contributed by atoms with Crippen LogP contribution in [0, 0.1) is 0 Å². The molecule has 0 spiro atoms. The van der Waals surface area contributed by atoms with Gasteiger partial charge in [-0.15, -0.1) is 11.3 Å². The van der Waals surface area contributed by atoms with Gasteiger partial charge >= 0.3 is 5.97 Å². The van der Waals surface area contributed by atoms with Crippen molar-refractivity contribution in [2.45, 2.75) is 26.3 Å². The number of thiazole rings is 1. The largest absolute Gasteiger partial charge is 0.494 e. The summed E-state index contributed by atoms with van der Waals surface area (Å²) < 4.78 is 10.6. The first-order chi connectivity index (χ1) is 13.6. The van der Waals surface area contributed by atoms with Gasteiger partial charge in [-0.05, 0) is 38.1 Å². The molecule has 1 aliphatic heterocycles. The standard InChI is InChI=1S/C20H24N2O4S2/c1-3-25-16-7-5-14(6-8-16)19-21-15(12-28-19)11-18(23)22-9-10-27-13-17(22)20(24)26-4-2/h5-8,12,17H,3-4,9-11,13H2,1-2H3. The number of amides is 1. The Morgan fingerprint density at radius 1 is 1.21 bits per heavy atom. The number of hydrogen-bond donors (Lipinski definition) is 0. The molecule has 1 amide bonds. The average molecular weight is 421 g/mol. The molecule has 0 saturated carbocycles. The number of aromatic nitrogens is 1. The first-order valence-electron chi connectivity index (χ1n) is 9.33. The summed E-state index contributed by atoms with van der Waals surface area (Å²) in [4.78, 5) is 31.2. The number of thioether (sulfide) groups is 1. The summed E-state index contributed by atoms with van der Waals surface area (Å²) >= 11 is 3.18. The molecule has 1 atom stereocenters. The Morgan fingerprint density at radius 3 is 2.71 bits per heavy atom. The highest BCUT2D eigenvalue weighted by Crippen LogP contribution is 2.26. The van der Waals surface area contributed by atoms with E-state index in [2.05, 4.69) is 4.98 Å². The Kier molecular flexibility index (Phi) is 7.33. The molecule has 1 aliphatic rings. The van der Waals surface area contributed by atoms with Gasteiger partial charge in [-0.1, -0.05) is 0 Å². The maximum absolute atomic E-state index is 12.8. The molecule has 28 heavy (non-hydrogen) atoms. The molecule has 1 aromatic carbocycles. The van der Waals surface area contributed by atoms with Gasteiger partial charge in [-0.3, -0.25) is 4.79 Å². The van der Waals surface area contributed by atoms with Crippen molar-refractivity contribution in [2.24, 2.45) is 0 Å². The van der Waals surface area contributed by atoms with Crippen molar-refractivity contribution in [2.75, 3.05) is 31.3 Å². The normalized spacial score (nSPS) is 16.6. The summed E-state index contributed by atoms with van der Waals surface area (Å²) in [6, 6.07) is 7.26. The SMILES string of the molecule is CCOC(=O)C1CSCCN1C(=O)Cc1csc(-c2ccc(OCC)cc2)n1. The molecular weight excluding hydrogens is 396 g/mol. The van der Waals surface area contributed by atoms with E-state index >= 15 is 0 Å². The lowest BCUT2D eigenvalue weighted by Gasteiger charge is -2.33. The maximum Gasteiger partial charge on any atom is 0.329 e. The predicted octanol–water partition coefficient (Wildman–Crippen LogP) is 3.26. The van der Waals surface area contributed by atoms with Gasteiger partial charge < -0.3 is 14.4 Å². The quantitative estimate of drug-likeness (QED) is 0.641. The van der Waals surface area contributed by atoms with Gasteiger partial charge in [0, 0.05) is 29.0 Å². The lowest BCUT2D eigenvalue weighted by molar-refractivity contribution is -0.153. The number of carbonyl (C=O) groups is 2. The van der Waals surface area contributed by atoms with Gasteiger partial charge in [0.05, 0.1) is 25.3 Å². The number of benzene rings is 1. The van der Waals surface area contributed by atoms with E-state index in [1.807, 2.05) is 36.6 Å². The minimum absolute atomic E-state index is 0.0816. The highest BCUT2D eigenvalue weighted by Gasteiger charge is 2.33. The molecule has 0 bridgehead atoms. The third-order valence-electron chi connectivity index (χ3n) is 4.30. The van der Waals surface area contributed by atoms with Crippen LogP contribution >= 0.6 is 23.1 Å². The Labute approximate surface area is 173 Å². The van der Waals surface area contributed by atoms with Crippen LogP contribution < -0.4 is 4.74 Å². The van der Waals surface area contributed by atoms with Crippen molar-refractivity contribution in [3.8, 4) is 16.3 Å². The molecule has 1 aromatic heterocycles. The molecule has 0 radical (unpaired) electrons. The van der Waals surface area contributed by atoms with Crippen LogP contribution in [0.4, 0.5) is 0 Å². The molecular formula is C20H24N2O4S2. The Balaban J connectivity index is 1.66. The van der Waals surface area contributed by atoms with E-state index in [4.69, 9.17) is 9.47 Å². The van der Waals surface area contributed by atoms with Gasteiger partial charge in [0.15, 0.2) is 0 Å². The van der Waals surface area contributed by atoms with Crippen LogP contribution in [-0.4, -0.2) is 59.1 Å². The lowest BCUT2D eigenvalue weighted by atomic mass is 10.2. The van der Waals surface area contributed by atoms with Crippen LogP contribution in [0.1, 0.15) is 19.5 Å². The van der Waals surface area contributed by atoms with Crippen LogP contribution in [0.3, 0.4) is 0 Å². The second-order valence-corrected chi connectivity index (χ2v) is 8.22. The highest BCUT2D eigenvalue weighted by atomic mass is 32.2. The van der Waals surface area contributed by atoms with Crippen LogP contribution in [-0.2, 0) is 20.7 Å². The van der Waals surface area contributed by atoms with E-state index in [9.17, 15) is 9.59 Å². The van der Waals surface area contributed by atoms with Crippen molar-refractivity contribution in [3.63, 3.8) is 0 Å². The van der Waals surface area contributed by atoms with Crippen LogP contribution in [0.5, 0.6) is 5.75 Å². The number of rotatable bonds is 7. The van der Waals surface area contributed by atoms with Gasteiger partial charge in [0.1, 0.15) is 16.8 Å². The molecule has 3 rings (SSSR count). The molecule has 1 unspecified atom stereocenters. The Morgan fingerprint density at radius 2 is 2.00 bits per heavy atom. The molecule has 8 heteroatoms. The van der Waals surface area contributed by atoms with Crippen molar-refractivity contribution < 1.29 is 19.1 Å². The predicted molar refractivity (Wildman–Crippen MR) is 112 cm³/mol. The Bertz CT molecular complexity index is 807. The summed E-state index contributed by atoms with van der Waals surface area (Å²) in [5, 5.41) is 2.77. The molecule has 6 nitrogen and oxygen atoms in total. The van der Waals surface area contributed by atoms with E-state index in [-0.39, 0.29) is 18.3 Å². The van der Waals surface area contributed by atoms with E-state index in [0.717, 1.165) is 27.8 Å². The summed E-state index contributed by atoms with van der Waals surface area (Å²) in [6.07, 6.45) is 0.189. The Hall–Kier alpha value is -2.06. The smallest absolute Gasteiger partial charge is 0.329 e. The minimum Gasteiger partial charge on any atom is -0.494 e. The third-order valence-corrected chi connectivity index (χ3v) is 6.27. The summed E-state index contributed by atoms with van der Waals surface area (Å²) in [5.41, 5.74) is 1.71. The zero-order valence-electron chi connectivity index (χ0n) is 16.1. The van der Waals surface area contributed by atoms with E-state index in [0.29, 0.717) is 25.5 Å². The second-order valence-electron chi connectivity index (χ2n) is 6.21. The number of esters is 1. The van der Waals surface area contributed by atoms with Crippen LogP contribution in [0.25, 0.3) is 10.6 Å². The second kappa shape index (κ2) is 9.93. The number of nitrogens with zero attached hydrogens (tertiary/aromatic N) is 2. The van der Waals surface area contributed by atoms with Crippen molar-refractivity contribution in [1.82, 2.24) is 9.88 Å². The summed E-state index contributed by atoms with van der Waals surface area (Å²) in [5.74, 6) is 1.83. The van der Waals surface area contributed by atoms with E-state index in [1.54, 1.807) is 23.6 Å². The minimum atomic E-state index is -0.504. The zero-order chi connectivity index (χ0) is 19.9. The fraction of sp³-hybridized carbons (Fsp3) is 0.450. The first kappa shape index (κ1) is 20.7. The molecule has 2 heterocycles. The topological polar surface area (TPSA) is 68.7 Å². The maximum atomic E-state index is 12.8. The van der Waals surface area contributed by atoms with Crippen LogP contribution in [0.2, 0.25) is 0 Å². The third kappa shape index (κ3) is 5.05. The monoisotopic (exact) mass is 420 g/mol. The zero-order valence-corrected chi connectivity index (χ0v) is 17.7. The fourth-order valence-corrected chi connectivity index (χ4v) is 4.83. The summed E-state index contributed by atoms with van der Waals surface area (Å²) in [7, 11) is 0. The molecule has 0 aliphatic carbocycles. The van der Waals surface area contributed by atoms with Crippen LogP contribution in [0.15, 0.2) is 29.6 Å². The van der Waals surface area contributed by atoms with Gasteiger partial charge in [-0.25, -0.2) is 9.78 Å². The van der Waals surface area contributed by atoms with Gasteiger partial charge in [0.2, 0.25) is 5.91 Å². The first-order valence-corrected chi connectivity index (χ1v) is 11.4. The average Bonchev–Trinajstić information content (AvgIpc) is 3.17. The van der Waals surface area contributed by atoms with Gasteiger partial charge in [0.25, 0.3) is 0 Å². The number of ether oxygens (including phenoxy) is 2. The van der Waals surface area contributed by atoms with Gasteiger partial charge in [-0.2, -0.15) is 11.8 Å².